The second kappa shape index (κ2) is 8.85. The van der Waals surface area contributed by atoms with Gasteiger partial charge in [-0.05, 0) is 42.7 Å². The Labute approximate surface area is 171 Å². The zero-order chi connectivity index (χ0) is 20.2. The van der Waals surface area contributed by atoms with E-state index >= 15 is 0 Å². The molecule has 3 aromatic carbocycles. The Bertz CT molecular complexity index is 955. The maximum atomic E-state index is 14.8. The fraction of sp³-hybridized carbons (Fsp3) is 0.280. The third-order valence-corrected chi connectivity index (χ3v) is 5.53. The average Bonchev–Trinajstić information content (AvgIpc) is 2.71. The molecule has 0 unspecified atom stereocenters. The van der Waals surface area contributed by atoms with E-state index < -0.39 is 0 Å². The molecule has 0 bridgehead atoms. The average molecular weight is 392 g/mol. The maximum Gasteiger partial charge on any atom is 0.129 e. The molecule has 1 heterocycles. The van der Waals surface area contributed by atoms with Crippen LogP contribution in [-0.2, 0) is 13.1 Å². The first kappa shape index (κ1) is 19.7. The van der Waals surface area contributed by atoms with E-state index in [1.807, 2.05) is 24.3 Å². The van der Waals surface area contributed by atoms with Crippen LogP contribution in [0.3, 0.4) is 0 Å². The highest BCUT2D eigenvalue weighted by Gasteiger charge is 2.32. The van der Waals surface area contributed by atoms with Crippen LogP contribution in [0.25, 0.3) is 0 Å². The summed E-state index contributed by atoms with van der Waals surface area (Å²) in [7, 11) is 0. The highest BCUT2D eigenvalue weighted by atomic mass is 19.1. The van der Waals surface area contributed by atoms with Gasteiger partial charge in [0.25, 0.3) is 0 Å². The summed E-state index contributed by atoms with van der Waals surface area (Å²) in [5.41, 5.74) is 4.19. The molecule has 4 rings (SSSR count). The third-order valence-electron chi connectivity index (χ3n) is 5.53. The number of hydrogen-bond donors (Lipinski definition) is 0. The largest absolute Gasteiger partial charge is 0.280 e. The van der Waals surface area contributed by atoms with Crippen LogP contribution in [0.2, 0.25) is 0 Å². The highest BCUT2D eigenvalue weighted by Crippen LogP contribution is 2.33. The molecule has 1 fully saturated rings. The zero-order valence-corrected chi connectivity index (χ0v) is 16.7. The van der Waals surface area contributed by atoms with Crippen molar-refractivity contribution in [3.05, 3.63) is 107 Å². The van der Waals surface area contributed by atoms with Gasteiger partial charge >= 0.3 is 0 Å². The summed E-state index contributed by atoms with van der Waals surface area (Å²) in [5.74, 6) is -0.420. The normalized spacial score (nSPS) is 18.1. The molecule has 29 heavy (non-hydrogen) atoms. The molecule has 2 nitrogen and oxygen atoms in total. The number of aryl methyl sites for hydroxylation is 1. The van der Waals surface area contributed by atoms with E-state index in [0.717, 1.165) is 31.6 Å². The molecule has 0 saturated carbocycles. The topological polar surface area (TPSA) is 6.48 Å². The van der Waals surface area contributed by atoms with Crippen molar-refractivity contribution in [2.24, 2.45) is 0 Å². The Balaban J connectivity index is 1.66. The van der Waals surface area contributed by atoms with E-state index in [4.69, 9.17) is 0 Å². The van der Waals surface area contributed by atoms with Gasteiger partial charge < -0.3 is 0 Å². The number of hydrogen-bond acceptors (Lipinski definition) is 2. The molecule has 3 aromatic rings. The van der Waals surface area contributed by atoms with Crippen LogP contribution in [0.1, 0.15) is 34.8 Å². The lowest BCUT2D eigenvalue weighted by atomic mass is 10.0. The summed E-state index contributed by atoms with van der Waals surface area (Å²) < 4.78 is 28.1. The predicted molar refractivity (Wildman–Crippen MR) is 112 cm³/mol. The van der Waals surface area contributed by atoms with Gasteiger partial charge in [-0.2, -0.15) is 0 Å². The Morgan fingerprint density at radius 2 is 1.48 bits per heavy atom. The summed E-state index contributed by atoms with van der Waals surface area (Å²) in [6.07, 6.45) is 0.855. The van der Waals surface area contributed by atoms with E-state index in [1.54, 1.807) is 6.07 Å². The van der Waals surface area contributed by atoms with Gasteiger partial charge in [0.1, 0.15) is 11.6 Å². The number of nitrogens with zero attached hydrogens (tertiary/aromatic N) is 2. The van der Waals surface area contributed by atoms with Crippen molar-refractivity contribution in [1.82, 2.24) is 9.80 Å². The van der Waals surface area contributed by atoms with Crippen LogP contribution in [-0.4, -0.2) is 22.9 Å². The molecule has 0 aromatic heterocycles. The van der Waals surface area contributed by atoms with Gasteiger partial charge in [0, 0.05) is 31.7 Å². The van der Waals surface area contributed by atoms with Gasteiger partial charge in [-0.25, -0.2) is 8.78 Å². The van der Waals surface area contributed by atoms with Crippen LogP contribution in [0.5, 0.6) is 0 Å². The monoisotopic (exact) mass is 392 g/mol. The lowest BCUT2D eigenvalue weighted by molar-refractivity contribution is -0.0111. The van der Waals surface area contributed by atoms with Crippen molar-refractivity contribution >= 4 is 0 Å². The quantitative estimate of drug-likeness (QED) is 0.551. The fourth-order valence-electron chi connectivity index (χ4n) is 4.23. The maximum absolute atomic E-state index is 14.8. The third kappa shape index (κ3) is 4.72. The predicted octanol–water partition coefficient (Wildman–Crippen LogP) is 5.68. The summed E-state index contributed by atoms with van der Waals surface area (Å²) in [4.78, 5) is 4.64. The summed E-state index contributed by atoms with van der Waals surface area (Å²) in [6.45, 7) is 5.30. The van der Waals surface area contributed by atoms with E-state index in [0.29, 0.717) is 12.1 Å². The van der Waals surface area contributed by atoms with Gasteiger partial charge in [0.15, 0.2) is 0 Å². The highest BCUT2D eigenvalue weighted by molar-refractivity contribution is 5.25. The first-order valence-corrected chi connectivity index (χ1v) is 10.1. The molecule has 4 heteroatoms. The Morgan fingerprint density at radius 3 is 2.17 bits per heavy atom. The molecule has 0 N–H and O–H groups in total. The van der Waals surface area contributed by atoms with Crippen LogP contribution in [0.15, 0.2) is 72.8 Å². The minimum atomic E-state index is -0.237. The van der Waals surface area contributed by atoms with E-state index in [-0.39, 0.29) is 17.8 Å². The summed E-state index contributed by atoms with van der Waals surface area (Å²) in [5, 5.41) is 0. The number of rotatable bonds is 5. The molecular formula is C25H26F2N2. The Hall–Kier alpha value is -2.56. The van der Waals surface area contributed by atoms with Crippen molar-refractivity contribution in [3.8, 4) is 0 Å². The smallest absolute Gasteiger partial charge is 0.129 e. The fourth-order valence-corrected chi connectivity index (χ4v) is 4.23. The minimum absolute atomic E-state index is 0.157. The van der Waals surface area contributed by atoms with Gasteiger partial charge in [-0.15, -0.1) is 0 Å². The molecule has 150 valence electrons. The van der Waals surface area contributed by atoms with Crippen LogP contribution in [0.4, 0.5) is 8.78 Å². The van der Waals surface area contributed by atoms with E-state index in [1.165, 1.54) is 29.3 Å². The van der Waals surface area contributed by atoms with Crippen molar-refractivity contribution in [3.63, 3.8) is 0 Å². The van der Waals surface area contributed by atoms with Gasteiger partial charge in [-0.1, -0.05) is 60.2 Å². The summed E-state index contributed by atoms with van der Waals surface area (Å²) >= 11 is 0. The van der Waals surface area contributed by atoms with Gasteiger partial charge in [-0.3, -0.25) is 9.80 Å². The van der Waals surface area contributed by atoms with Crippen molar-refractivity contribution in [1.29, 1.82) is 0 Å². The Kier molecular flexibility index (Phi) is 6.02. The molecule has 1 aliphatic heterocycles. The lowest BCUT2D eigenvalue weighted by Gasteiger charge is -2.44. The molecule has 1 saturated heterocycles. The zero-order valence-electron chi connectivity index (χ0n) is 16.7. The second-order valence-corrected chi connectivity index (χ2v) is 7.81. The Morgan fingerprint density at radius 1 is 0.793 bits per heavy atom. The van der Waals surface area contributed by atoms with Crippen LogP contribution >= 0.6 is 0 Å². The van der Waals surface area contributed by atoms with Crippen molar-refractivity contribution in [2.75, 3.05) is 13.1 Å². The number of halogens is 2. The molecule has 0 spiro atoms. The standard InChI is InChI=1S/C25H26F2N2/c1-19-6-4-7-21(16-19)18-29-15-5-14-28(17-20-10-12-22(26)13-11-20)25(29)23-8-2-3-9-24(23)27/h2-4,6-13,16,25H,5,14-15,17-18H2,1H3/t25-/m0/s1. The first-order chi connectivity index (χ1) is 14.1. The van der Waals surface area contributed by atoms with E-state index in [2.05, 4.69) is 41.0 Å². The second-order valence-electron chi connectivity index (χ2n) is 7.81. The van der Waals surface area contributed by atoms with Crippen molar-refractivity contribution < 1.29 is 8.78 Å². The van der Waals surface area contributed by atoms with Crippen LogP contribution < -0.4 is 0 Å². The lowest BCUT2D eigenvalue weighted by Crippen LogP contribution is -2.47. The molecule has 0 amide bonds. The first-order valence-electron chi connectivity index (χ1n) is 10.1. The van der Waals surface area contributed by atoms with Gasteiger partial charge in [0.05, 0.1) is 6.17 Å². The molecular weight excluding hydrogens is 366 g/mol. The molecule has 0 radical (unpaired) electrons. The van der Waals surface area contributed by atoms with Crippen molar-refractivity contribution in [2.45, 2.75) is 32.6 Å². The van der Waals surface area contributed by atoms with Crippen LogP contribution in [0, 0.1) is 18.6 Å². The van der Waals surface area contributed by atoms with E-state index in [9.17, 15) is 8.78 Å². The summed E-state index contributed by atoms with van der Waals surface area (Å²) in [6, 6.07) is 22.1. The molecule has 1 atom stereocenters. The molecule has 0 aliphatic carbocycles. The molecule has 1 aliphatic rings. The van der Waals surface area contributed by atoms with Gasteiger partial charge in [0.2, 0.25) is 0 Å². The SMILES string of the molecule is Cc1cccc(CN2CCCN(Cc3ccc(F)cc3)[C@@H]2c2ccccc2F)c1. The number of benzene rings is 3. The minimum Gasteiger partial charge on any atom is -0.280 e.